The van der Waals surface area contributed by atoms with E-state index in [0.29, 0.717) is 15.6 Å². The molecule has 6 heteroatoms. The number of allylic oxidation sites excluding steroid dienone is 1. The minimum Gasteiger partial charge on any atom is -0.465 e. The Kier molecular flexibility index (Phi) is 6.25. The van der Waals surface area contributed by atoms with E-state index >= 15 is 0 Å². The lowest BCUT2D eigenvalue weighted by Gasteiger charge is -2.40. The Labute approximate surface area is 146 Å². The van der Waals surface area contributed by atoms with Crippen LogP contribution in [0.1, 0.15) is 32.8 Å². The first-order valence-corrected chi connectivity index (χ1v) is 7.86. The second-order valence-corrected chi connectivity index (χ2v) is 7.25. The summed E-state index contributed by atoms with van der Waals surface area (Å²) in [4.78, 5) is 24.8. The highest BCUT2D eigenvalue weighted by Crippen LogP contribution is 2.34. The van der Waals surface area contributed by atoms with Crippen LogP contribution in [0.4, 0.5) is 4.79 Å². The molecular weight excluding hydrogens is 337 g/mol. The monoisotopic (exact) mass is 357 g/mol. The van der Waals surface area contributed by atoms with Gasteiger partial charge in [-0.05, 0) is 44.9 Å². The molecule has 1 amide bonds. The van der Waals surface area contributed by atoms with Crippen LogP contribution in [0.15, 0.2) is 30.9 Å². The van der Waals surface area contributed by atoms with Gasteiger partial charge in [0.05, 0.1) is 15.5 Å². The Morgan fingerprint density at radius 1 is 1.30 bits per heavy atom. The van der Waals surface area contributed by atoms with Crippen LogP contribution >= 0.6 is 23.2 Å². The standard InChI is InChI=1S/C17H21Cl2NO3/c1-5-8-17(11-21,10-20(15(22)23)16(2,3)4)12-6-7-13(18)14(19)9-12/h5-7,9,11H,1,8,10H2,2-4H3,(H,22,23). The number of carbonyl (C=O) groups excluding carboxylic acids is 1. The van der Waals surface area contributed by atoms with Gasteiger partial charge in [0.1, 0.15) is 6.29 Å². The van der Waals surface area contributed by atoms with E-state index in [9.17, 15) is 14.7 Å². The average Bonchev–Trinajstić information content (AvgIpc) is 2.44. The smallest absolute Gasteiger partial charge is 0.407 e. The molecule has 0 aliphatic carbocycles. The molecule has 0 aromatic heterocycles. The van der Waals surface area contributed by atoms with Gasteiger partial charge in [0.25, 0.3) is 0 Å². The molecular formula is C17H21Cl2NO3. The maximum absolute atomic E-state index is 12.0. The summed E-state index contributed by atoms with van der Waals surface area (Å²) in [5.41, 5.74) is -1.11. The van der Waals surface area contributed by atoms with E-state index in [2.05, 4.69) is 6.58 Å². The van der Waals surface area contributed by atoms with Crippen LogP contribution in [0.2, 0.25) is 10.0 Å². The van der Waals surface area contributed by atoms with Crippen LogP contribution in [-0.4, -0.2) is 34.5 Å². The summed E-state index contributed by atoms with van der Waals surface area (Å²) in [5.74, 6) is 0. The molecule has 1 N–H and O–H groups in total. The first-order chi connectivity index (χ1) is 10.6. The molecule has 1 rings (SSSR count). The van der Waals surface area contributed by atoms with Crippen LogP contribution in [-0.2, 0) is 10.2 Å². The summed E-state index contributed by atoms with van der Waals surface area (Å²) >= 11 is 12.0. The quantitative estimate of drug-likeness (QED) is 0.588. The summed E-state index contributed by atoms with van der Waals surface area (Å²) < 4.78 is 0. The van der Waals surface area contributed by atoms with E-state index in [-0.39, 0.29) is 13.0 Å². The predicted octanol–water partition coefficient (Wildman–Crippen LogP) is 4.78. The molecule has 0 spiro atoms. The molecule has 0 aliphatic rings. The predicted molar refractivity (Wildman–Crippen MR) is 93.5 cm³/mol. The molecule has 0 heterocycles. The molecule has 0 bridgehead atoms. The first-order valence-electron chi connectivity index (χ1n) is 7.11. The number of hydrogen-bond acceptors (Lipinski definition) is 2. The van der Waals surface area contributed by atoms with Crippen LogP contribution in [0, 0.1) is 0 Å². The Morgan fingerprint density at radius 2 is 1.91 bits per heavy atom. The number of aldehydes is 1. The molecule has 126 valence electrons. The largest absolute Gasteiger partial charge is 0.465 e. The van der Waals surface area contributed by atoms with Gasteiger partial charge < -0.3 is 14.8 Å². The molecule has 1 aromatic carbocycles. The Bertz CT molecular complexity index is 610. The Morgan fingerprint density at radius 3 is 2.30 bits per heavy atom. The van der Waals surface area contributed by atoms with E-state index < -0.39 is 17.0 Å². The SMILES string of the molecule is C=CCC(C=O)(CN(C(=O)O)C(C)(C)C)c1ccc(Cl)c(Cl)c1. The molecule has 1 aromatic rings. The van der Waals surface area contributed by atoms with Crippen molar-refractivity contribution in [3.8, 4) is 0 Å². The minimum atomic E-state index is -1.09. The third-order valence-corrected chi connectivity index (χ3v) is 4.45. The van der Waals surface area contributed by atoms with Gasteiger partial charge in [-0.15, -0.1) is 6.58 Å². The molecule has 0 aliphatic heterocycles. The highest BCUT2D eigenvalue weighted by Gasteiger charge is 2.38. The lowest BCUT2D eigenvalue weighted by atomic mass is 9.77. The van der Waals surface area contributed by atoms with Gasteiger partial charge in [0.15, 0.2) is 0 Å². The minimum absolute atomic E-state index is 0.000680. The van der Waals surface area contributed by atoms with Crippen molar-refractivity contribution in [2.24, 2.45) is 0 Å². The summed E-state index contributed by atoms with van der Waals surface area (Å²) in [6.07, 6.45) is 1.55. The fourth-order valence-corrected chi connectivity index (χ4v) is 2.66. The number of benzene rings is 1. The Hall–Kier alpha value is -1.52. The fourth-order valence-electron chi connectivity index (χ4n) is 2.36. The zero-order chi connectivity index (χ0) is 17.8. The molecule has 23 heavy (non-hydrogen) atoms. The summed E-state index contributed by atoms with van der Waals surface area (Å²) in [6.45, 7) is 9.02. The van der Waals surface area contributed by atoms with Crippen LogP contribution in [0.25, 0.3) is 0 Å². The summed E-state index contributed by atoms with van der Waals surface area (Å²) in [6, 6.07) is 4.89. The van der Waals surface area contributed by atoms with Crippen molar-refractivity contribution >= 4 is 35.6 Å². The molecule has 4 nitrogen and oxygen atoms in total. The number of hydrogen-bond donors (Lipinski definition) is 1. The van der Waals surface area contributed by atoms with Gasteiger partial charge in [-0.2, -0.15) is 0 Å². The number of carboxylic acid groups (broad SMARTS) is 1. The molecule has 1 atom stereocenters. The summed E-state index contributed by atoms with van der Waals surface area (Å²) in [5, 5.41) is 10.2. The van der Waals surface area contributed by atoms with Gasteiger partial charge >= 0.3 is 6.09 Å². The average molecular weight is 358 g/mol. The van der Waals surface area contributed by atoms with E-state index in [0.717, 1.165) is 6.29 Å². The van der Waals surface area contributed by atoms with E-state index in [1.165, 1.54) is 4.90 Å². The second kappa shape index (κ2) is 7.37. The molecule has 0 saturated heterocycles. The van der Waals surface area contributed by atoms with Crippen molar-refractivity contribution in [1.29, 1.82) is 0 Å². The molecule has 0 radical (unpaired) electrons. The molecule has 0 fully saturated rings. The van der Waals surface area contributed by atoms with Crippen molar-refractivity contribution in [3.05, 3.63) is 46.5 Å². The third-order valence-electron chi connectivity index (χ3n) is 3.71. The van der Waals surface area contributed by atoms with Crippen LogP contribution < -0.4 is 0 Å². The van der Waals surface area contributed by atoms with Gasteiger partial charge in [0.2, 0.25) is 0 Å². The third kappa shape index (κ3) is 4.49. The lowest BCUT2D eigenvalue weighted by Crippen LogP contribution is -2.52. The fraction of sp³-hybridized carbons (Fsp3) is 0.412. The van der Waals surface area contributed by atoms with Gasteiger partial charge in [0, 0.05) is 12.1 Å². The second-order valence-electron chi connectivity index (χ2n) is 6.44. The van der Waals surface area contributed by atoms with Gasteiger partial charge in [-0.3, -0.25) is 0 Å². The van der Waals surface area contributed by atoms with E-state index in [1.54, 1.807) is 45.0 Å². The van der Waals surface area contributed by atoms with Gasteiger partial charge in [-0.25, -0.2) is 4.79 Å². The van der Waals surface area contributed by atoms with E-state index in [4.69, 9.17) is 23.2 Å². The normalized spacial score (nSPS) is 14.0. The first kappa shape index (κ1) is 19.5. The number of carbonyl (C=O) groups is 2. The maximum atomic E-state index is 12.0. The zero-order valence-electron chi connectivity index (χ0n) is 13.5. The Balaban J connectivity index is 3.41. The highest BCUT2D eigenvalue weighted by atomic mass is 35.5. The van der Waals surface area contributed by atoms with Crippen molar-refractivity contribution in [2.45, 2.75) is 38.1 Å². The number of amides is 1. The van der Waals surface area contributed by atoms with Crippen LogP contribution in [0.5, 0.6) is 0 Å². The molecule has 1 unspecified atom stereocenters. The van der Waals surface area contributed by atoms with Crippen molar-refractivity contribution in [2.75, 3.05) is 6.54 Å². The topological polar surface area (TPSA) is 57.6 Å². The summed E-state index contributed by atoms with van der Waals surface area (Å²) in [7, 11) is 0. The van der Waals surface area contributed by atoms with E-state index in [1.807, 2.05) is 0 Å². The maximum Gasteiger partial charge on any atom is 0.407 e. The van der Waals surface area contributed by atoms with Gasteiger partial charge in [-0.1, -0.05) is 35.3 Å². The number of nitrogens with zero attached hydrogens (tertiary/aromatic N) is 1. The van der Waals surface area contributed by atoms with Crippen molar-refractivity contribution < 1.29 is 14.7 Å². The highest BCUT2D eigenvalue weighted by molar-refractivity contribution is 6.42. The lowest BCUT2D eigenvalue weighted by molar-refractivity contribution is -0.113. The molecule has 0 saturated carbocycles. The van der Waals surface area contributed by atoms with Crippen molar-refractivity contribution in [3.63, 3.8) is 0 Å². The van der Waals surface area contributed by atoms with Crippen molar-refractivity contribution in [1.82, 2.24) is 4.90 Å². The number of rotatable bonds is 6. The van der Waals surface area contributed by atoms with Crippen LogP contribution in [0.3, 0.4) is 0 Å². The zero-order valence-corrected chi connectivity index (χ0v) is 15.0. The number of halogens is 2.